The molecule has 0 radical (unpaired) electrons. The van der Waals surface area contributed by atoms with Gasteiger partial charge in [-0.3, -0.25) is 15.2 Å². The molecule has 5 nitrogen and oxygen atoms in total. The minimum absolute atomic E-state index is 0.0235. The topological polar surface area (TPSA) is 57.1 Å². The molecule has 1 saturated heterocycles. The summed E-state index contributed by atoms with van der Waals surface area (Å²) < 4.78 is 32.6. The van der Waals surface area contributed by atoms with Crippen LogP contribution in [-0.2, 0) is 0 Å². The Morgan fingerprint density at radius 3 is 2.95 bits per heavy atom. The van der Waals surface area contributed by atoms with Crippen LogP contribution < -0.4 is 10.1 Å². The van der Waals surface area contributed by atoms with Crippen molar-refractivity contribution in [3.05, 3.63) is 23.8 Å². The summed E-state index contributed by atoms with van der Waals surface area (Å²) in [5.41, 5.74) is -0.464. The highest BCUT2D eigenvalue weighted by molar-refractivity contribution is 6.04. The van der Waals surface area contributed by atoms with Crippen LogP contribution in [0.5, 0.6) is 11.5 Å². The van der Waals surface area contributed by atoms with Gasteiger partial charge >= 0.3 is 0 Å². The van der Waals surface area contributed by atoms with Crippen LogP contribution in [-0.4, -0.2) is 61.1 Å². The first-order chi connectivity index (χ1) is 10.6. The number of ether oxygens (including phenoxy) is 1. The number of aliphatic imine (C=N–C) groups is 1. The van der Waals surface area contributed by atoms with Gasteiger partial charge in [0.15, 0.2) is 0 Å². The molecule has 1 aromatic carbocycles. The number of alkyl halides is 2. The van der Waals surface area contributed by atoms with Crippen molar-refractivity contribution in [2.45, 2.75) is 18.5 Å². The van der Waals surface area contributed by atoms with Gasteiger partial charge in [-0.1, -0.05) is 0 Å². The van der Waals surface area contributed by atoms with Gasteiger partial charge in [0.1, 0.15) is 17.2 Å². The minimum Gasteiger partial charge on any atom is -0.507 e. The first-order valence-electron chi connectivity index (χ1n) is 7.26. The van der Waals surface area contributed by atoms with Crippen LogP contribution in [0.1, 0.15) is 12.0 Å². The lowest BCUT2D eigenvalue weighted by molar-refractivity contribution is -0.0375. The van der Waals surface area contributed by atoms with E-state index in [-0.39, 0.29) is 12.2 Å². The zero-order valence-corrected chi connectivity index (χ0v) is 12.4. The summed E-state index contributed by atoms with van der Waals surface area (Å²) in [6.45, 7) is 2.02. The number of fused-ring (bicyclic) bond motifs is 1. The molecule has 3 rings (SSSR count). The third kappa shape index (κ3) is 2.44. The Morgan fingerprint density at radius 2 is 2.23 bits per heavy atom. The lowest BCUT2D eigenvalue weighted by Crippen LogP contribution is -2.58. The molecule has 2 N–H and O–H groups in total. The van der Waals surface area contributed by atoms with E-state index in [9.17, 15) is 13.9 Å². The fraction of sp³-hybridized carbons (Fsp3) is 0.533. The number of hydrogen-bond acceptors (Lipinski definition) is 5. The number of phenols is 1. The van der Waals surface area contributed by atoms with Crippen LogP contribution in [0.4, 0.5) is 8.78 Å². The summed E-state index contributed by atoms with van der Waals surface area (Å²) in [4.78, 5) is 6.18. The monoisotopic (exact) mass is 311 g/mol. The van der Waals surface area contributed by atoms with Crippen molar-refractivity contribution in [1.29, 1.82) is 0 Å². The molecule has 2 aliphatic rings. The molecular formula is C15H19F2N3O2. The maximum absolute atomic E-state index is 13.7. The second-order valence-electron chi connectivity index (χ2n) is 5.53. The van der Waals surface area contributed by atoms with E-state index in [4.69, 9.17) is 4.74 Å². The van der Waals surface area contributed by atoms with Gasteiger partial charge in [0, 0.05) is 37.3 Å². The molecule has 0 spiro atoms. The van der Waals surface area contributed by atoms with Crippen LogP contribution in [0.3, 0.4) is 0 Å². The predicted molar refractivity (Wildman–Crippen MR) is 79.0 cm³/mol. The molecule has 0 saturated carbocycles. The molecule has 1 fully saturated rings. The van der Waals surface area contributed by atoms with Crippen molar-refractivity contribution in [3.63, 3.8) is 0 Å². The first kappa shape index (κ1) is 15.2. The Hall–Kier alpha value is -1.73. The number of aromatic hydroxyl groups is 1. The van der Waals surface area contributed by atoms with Crippen LogP contribution in [0.15, 0.2) is 23.2 Å². The lowest BCUT2D eigenvalue weighted by atomic mass is 9.96. The highest BCUT2D eigenvalue weighted by Gasteiger charge is 2.50. The van der Waals surface area contributed by atoms with E-state index in [1.807, 2.05) is 0 Å². The third-order valence-electron chi connectivity index (χ3n) is 4.36. The SMILES string of the molecule is COc1ccc(O)c(C2=NCCN3CCNC3(C(F)F)C2)c1. The molecule has 1 unspecified atom stereocenters. The van der Waals surface area contributed by atoms with Gasteiger partial charge in [-0.15, -0.1) is 0 Å². The fourth-order valence-corrected chi connectivity index (χ4v) is 3.17. The molecule has 2 heterocycles. The van der Waals surface area contributed by atoms with Crippen molar-refractivity contribution < 1.29 is 18.6 Å². The number of halogens is 2. The molecule has 120 valence electrons. The van der Waals surface area contributed by atoms with Crippen molar-refractivity contribution in [2.24, 2.45) is 4.99 Å². The Balaban J connectivity index is 1.99. The molecule has 7 heteroatoms. The van der Waals surface area contributed by atoms with Crippen LogP contribution in [0.25, 0.3) is 0 Å². The van der Waals surface area contributed by atoms with Crippen LogP contribution >= 0.6 is 0 Å². The van der Waals surface area contributed by atoms with E-state index >= 15 is 0 Å². The Labute approximate surface area is 127 Å². The summed E-state index contributed by atoms with van der Waals surface area (Å²) in [5, 5.41) is 13.0. The van der Waals surface area contributed by atoms with E-state index in [1.54, 1.807) is 17.0 Å². The minimum atomic E-state index is -2.54. The summed E-state index contributed by atoms with van der Waals surface area (Å²) >= 11 is 0. The third-order valence-corrected chi connectivity index (χ3v) is 4.36. The zero-order chi connectivity index (χ0) is 15.7. The van der Waals surface area contributed by atoms with Crippen molar-refractivity contribution in [2.75, 3.05) is 33.3 Å². The number of nitrogens with one attached hydrogen (secondary N) is 1. The molecule has 22 heavy (non-hydrogen) atoms. The molecule has 0 aliphatic carbocycles. The maximum Gasteiger partial charge on any atom is 0.270 e. The highest BCUT2D eigenvalue weighted by Crippen LogP contribution is 2.34. The van der Waals surface area contributed by atoms with Gasteiger partial charge in [0.05, 0.1) is 13.7 Å². The average molecular weight is 311 g/mol. The molecule has 1 aromatic rings. The predicted octanol–water partition coefficient (Wildman–Crippen LogP) is 1.46. The Bertz CT molecular complexity index is 594. The Morgan fingerprint density at radius 1 is 1.41 bits per heavy atom. The number of rotatable bonds is 3. The van der Waals surface area contributed by atoms with Crippen LogP contribution in [0.2, 0.25) is 0 Å². The summed E-state index contributed by atoms with van der Waals surface area (Å²) in [6.07, 6.45) is -2.49. The summed E-state index contributed by atoms with van der Waals surface area (Å²) in [6, 6.07) is 4.76. The van der Waals surface area contributed by atoms with Gasteiger partial charge in [0.25, 0.3) is 6.43 Å². The highest BCUT2D eigenvalue weighted by atomic mass is 19.3. The first-order valence-corrected chi connectivity index (χ1v) is 7.26. The van der Waals surface area contributed by atoms with Crippen molar-refractivity contribution in [1.82, 2.24) is 10.2 Å². The number of phenolic OH excluding ortho intramolecular Hbond substituents is 1. The molecule has 2 aliphatic heterocycles. The van der Waals surface area contributed by atoms with E-state index < -0.39 is 12.1 Å². The molecule has 0 amide bonds. The molecule has 0 bridgehead atoms. The van der Waals surface area contributed by atoms with Crippen LogP contribution in [0, 0.1) is 0 Å². The van der Waals surface area contributed by atoms with Gasteiger partial charge in [-0.25, -0.2) is 8.78 Å². The van der Waals surface area contributed by atoms with E-state index in [1.165, 1.54) is 13.2 Å². The van der Waals surface area contributed by atoms with Crippen molar-refractivity contribution >= 4 is 5.71 Å². The van der Waals surface area contributed by atoms with Gasteiger partial charge in [-0.05, 0) is 18.2 Å². The van der Waals surface area contributed by atoms with Crippen molar-refractivity contribution in [3.8, 4) is 11.5 Å². The largest absolute Gasteiger partial charge is 0.507 e. The number of methoxy groups -OCH3 is 1. The van der Waals surface area contributed by atoms with Gasteiger partial charge in [0.2, 0.25) is 0 Å². The van der Waals surface area contributed by atoms with E-state index in [0.29, 0.717) is 43.2 Å². The smallest absolute Gasteiger partial charge is 0.270 e. The second kappa shape index (κ2) is 5.81. The number of benzene rings is 1. The standard InChI is InChI=1S/C15H19F2N3O2/c1-22-10-2-3-13(21)11(8-10)12-9-15(14(16)17)19-5-7-20(15)6-4-18-12/h2-3,8,14,19,21H,4-7,9H2,1H3. The number of hydrogen-bond donors (Lipinski definition) is 2. The molecule has 1 atom stereocenters. The summed E-state index contributed by atoms with van der Waals surface area (Å²) in [7, 11) is 1.52. The average Bonchev–Trinajstić information content (AvgIpc) is 2.82. The second-order valence-corrected chi connectivity index (χ2v) is 5.53. The molecule has 0 aromatic heterocycles. The maximum atomic E-state index is 13.7. The molecular weight excluding hydrogens is 292 g/mol. The Kier molecular flexibility index (Phi) is 4.01. The number of nitrogens with zero attached hydrogens (tertiary/aromatic N) is 2. The van der Waals surface area contributed by atoms with Gasteiger partial charge in [-0.2, -0.15) is 0 Å². The lowest BCUT2D eigenvalue weighted by Gasteiger charge is -2.36. The van der Waals surface area contributed by atoms with Gasteiger partial charge < -0.3 is 9.84 Å². The zero-order valence-electron chi connectivity index (χ0n) is 12.4. The quantitative estimate of drug-likeness (QED) is 0.887. The summed E-state index contributed by atoms with van der Waals surface area (Å²) in [5.74, 6) is 0.581. The normalized spacial score (nSPS) is 25.7. The van der Waals surface area contributed by atoms with E-state index in [0.717, 1.165) is 0 Å². The van der Waals surface area contributed by atoms with E-state index in [2.05, 4.69) is 10.3 Å². The fourth-order valence-electron chi connectivity index (χ4n) is 3.17.